The molecule has 0 bridgehead atoms. The van der Waals surface area contributed by atoms with Gasteiger partial charge in [0.2, 0.25) is 0 Å². The Morgan fingerprint density at radius 2 is 1.97 bits per heavy atom. The van der Waals surface area contributed by atoms with Crippen molar-refractivity contribution in [3.63, 3.8) is 0 Å². The van der Waals surface area contributed by atoms with E-state index in [0.717, 1.165) is 43.4 Å². The highest BCUT2D eigenvalue weighted by Gasteiger charge is 2.30. The molecule has 0 aliphatic carbocycles. The molecule has 2 aliphatic heterocycles. The summed E-state index contributed by atoms with van der Waals surface area (Å²) >= 11 is 1.93. The van der Waals surface area contributed by atoms with Crippen LogP contribution < -0.4 is 9.47 Å². The molecule has 1 saturated heterocycles. The number of hydrogen-bond acceptors (Lipinski definition) is 4. The Balaban J connectivity index is 1.29. The lowest BCUT2D eigenvalue weighted by atomic mass is 10.0. The molecule has 3 atom stereocenters. The minimum absolute atomic E-state index is 0.0926. The maximum Gasteiger partial charge on any atom is 0.136 e. The van der Waals surface area contributed by atoms with Crippen LogP contribution in [0.2, 0.25) is 0 Å². The SMILES string of the molecule is CCC1Sc2ccccc2OC1c1ccc(OCCCN2CCC[C@H](C)C2)cc1. The first-order valence-corrected chi connectivity index (χ1v) is 12.0. The van der Waals surface area contributed by atoms with E-state index in [-0.39, 0.29) is 6.10 Å². The van der Waals surface area contributed by atoms with Crippen molar-refractivity contribution in [2.24, 2.45) is 5.92 Å². The van der Waals surface area contributed by atoms with Gasteiger partial charge in [-0.25, -0.2) is 0 Å². The average Bonchev–Trinajstić information content (AvgIpc) is 2.76. The quantitative estimate of drug-likeness (QED) is 0.506. The number of thioether (sulfide) groups is 1. The average molecular weight is 412 g/mol. The molecule has 2 unspecified atom stereocenters. The summed E-state index contributed by atoms with van der Waals surface area (Å²) in [6.07, 6.45) is 4.99. The highest BCUT2D eigenvalue weighted by atomic mass is 32.2. The van der Waals surface area contributed by atoms with Crippen molar-refractivity contribution in [3.05, 3.63) is 54.1 Å². The zero-order valence-electron chi connectivity index (χ0n) is 17.7. The molecule has 2 aliphatic rings. The lowest BCUT2D eigenvalue weighted by molar-refractivity contribution is 0.170. The van der Waals surface area contributed by atoms with E-state index in [2.05, 4.69) is 61.2 Å². The van der Waals surface area contributed by atoms with E-state index in [1.54, 1.807) is 0 Å². The van der Waals surface area contributed by atoms with Crippen molar-refractivity contribution in [2.75, 3.05) is 26.2 Å². The number of hydrogen-bond donors (Lipinski definition) is 0. The van der Waals surface area contributed by atoms with Crippen molar-refractivity contribution >= 4 is 11.8 Å². The second-order valence-corrected chi connectivity index (χ2v) is 9.65. The molecular formula is C25H33NO2S. The Labute approximate surface area is 179 Å². The smallest absolute Gasteiger partial charge is 0.136 e. The molecule has 1 fully saturated rings. The summed E-state index contributed by atoms with van der Waals surface area (Å²) in [4.78, 5) is 3.83. The van der Waals surface area contributed by atoms with Crippen LogP contribution in [-0.4, -0.2) is 36.4 Å². The molecular weight excluding hydrogens is 378 g/mol. The van der Waals surface area contributed by atoms with E-state index in [1.165, 1.54) is 36.4 Å². The fourth-order valence-corrected chi connectivity index (χ4v) is 5.60. The van der Waals surface area contributed by atoms with Gasteiger partial charge in [0, 0.05) is 18.0 Å². The van der Waals surface area contributed by atoms with Crippen molar-refractivity contribution in [1.82, 2.24) is 4.90 Å². The van der Waals surface area contributed by atoms with Crippen LogP contribution in [0.4, 0.5) is 0 Å². The lowest BCUT2D eigenvalue weighted by Gasteiger charge is -2.33. The molecule has 29 heavy (non-hydrogen) atoms. The molecule has 0 radical (unpaired) electrons. The van der Waals surface area contributed by atoms with Gasteiger partial charge in [-0.05, 0) is 68.0 Å². The largest absolute Gasteiger partial charge is 0.494 e. The molecule has 3 nitrogen and oxygen atoms in total. The maximum absolute atomic E-state index is 6.37. The normalized spacial score (nSPS) is 24.6. The standard InChI is InChI=1S/C25H33NO2S/c1-3-23-25(28-22-9-4-5-10-24(22)29-23)20-11-13-21(14-12-20)27-17-7-16-26-15-6-8-19(2)18-26/h4-5,9-14,19,23,25H,3,6-8,15-18H2,1-2H3/t19-,23?,25?/m0/s1. The Morgan fingerprint density at radius 1 is 1.14 bits per heavy atom. The predicted octanol–water partition coefficient (Wildman–Crippen LogP) is 6.19. The third-order valence-electron chi connectivity index (χ3n) is 5.96. The van der Waals surface area contributed by atoms with Crippen LogP contribution in [0.1, 0.15) is 51.2 Å². The maximum atomic E-state index is 6.37. The number of nitrogens with zero attached hydrogens (tertiary/aromatic N) is 1. The first-order chi connectivity index (χ1) is 14.2. The van der Waals surface area contributed by atoms with E-state index in [0.29, 0.717) is 5.25 Å². The van der Waals surface area contributed by atoms with Crippen LogP contribution in [0.3, 0.4) is 0 Å². The van der Waals surface area contributed by atoms with Crippen molar-refractivity contribution in [1.29, 1.82) is 0 Å². The molecule has 0 spiro atoms. The van der Waals surface area contributed by atoms with Gasteiger partial charge in [0.15, 0.2) is 0 Å². The van der Waals surface area contributed by atoms with Gasteiger partial charge in [-0.2, -0.15) is 0 Å². The Morgan fingerprint density at radius 3 is 2.76 bits per heavy atom. The Kier molecular flexibility index (Phi) is 7.04. The number of likely N-dealkylation sites (tertiary alicyclic amines) is 1. The molecule has 0 N–H and O–H groups in total. The van der Waals surface area contributed by atoms with Crippen molar-refractivity contribution in [2.45, 2.75) is 55.8 Å². The van der Waals surface area contributed by atoms with Gasteiger partial charge < -0.3 is 14.4 Å². The topological polar surface area (TPSA) is 21.7 Å². The first-order valence-electron chi connectivity index (χ1n) is 11.1. The second-order valence-electron chi connectivity index (χ2n) is 8.37. The third kappa shape index (κ3) is 5.29. The van der Waals surface area contributed by atoms with E-state index >= 15 is 0 Å². The van der Waals surface area contributed by atoms with Gasteiger partial charge in [0.05, 0.1) is 11.9 Å². The van der Waals surface area contributed by atoms with Crippen LogP contribution >= 0.6 is 11.8 Å². The van der Waals surface area contributed by atoms with E-state index in [1.807, 2.05) is 17.8 Å². The van der Waals surface area contributed by atoms with E-state index < -0.39 is 0 Å². The zero-order valence-corrected chi connectivity index (χ0v) is 18.5. The third-order valence-corrected chi connectivity index (χ3v) is 7.43. The summed E-state index contributed by atoms with van der Waals surface area (Å²) in [7, 11) is 0. The highest BCUT2D eigenvalue weighted by molar-refractivity contribution is 8.00. The molecule has 156 valence electrons. The number of piperidine rings is 1. The lowest BCUT2D eigenvalue weighted by Crippen LogP contribution is -2.35. The summed E-state index contributed by atoms with van der Waals surface area (Å²) in [5.74, 6) is 2.80. The molecule has 4 rings (SSSR count). The van der Waals surface area contributed by atoms with Crippen molar-refractivity contribution in [3.8, 4) is 11.5 Å². The molecule has 4 heteroatoms. The van der Waals surface area contributed by atoms with Crippen molar-refractivity contribution < 1.29 is 9.47 Å². The van der Waals surface area contributed by atoms with Crippen LogP contribution in [-0.2, 0) is 0 Å². The number of rotatable bonds is 7. The van der Waals surface area contributed by atoms with Gasteiger partial charge in [0.1, 0.15) is 17.6 Å². The molecule has 0 amide bonds. The van der Waals surface area contributed by atoms with Gasteiger partial charge in [-0.15, -0.1) is 11.8 Å². The minimum Gasteiger partial charge on any atom is -0.494 e. The fraction of sp³-hybridized carbons (Fsp3) is 0.520. The zero-order chi connectivity index (χ0) is 20.1. The number of ether oxygens (including phenoxy) is 2. The minimum atomic E-state index is 0.0926. The van der Waals surface area contributed by atoms with Gasteiger partial charge in [-0.3, -0.25) is 0 Å². The van der Waals surface area contributed by atoms with Gasteiger partial charge in [0.25, 0.3) is 0 Å². The van der Waals surface area contributed by atoms with Crippen LogP contribution in [0, 0.1) is 5.92 Å². The Bertz CT molecular complexity index is 779. The first kappa shape index (κ1) is 20.6. The Hall–Kier alpha value is -1.65. The summed E-state index contributed by atoms with van der Waals surface area (Å²) in [6.45, 7) is 9.02. The highest BCUT2D eigenvalue weighted by Crippen LogP contribution is 2.46. The second kappa shape index (κ2) is 9.90. The summed E-state index contributed by atoms with van der Waals surface area (Å²) < 4.78 is 12.4. The molecule has 2 aromatic rings. The van der Waals surface area contributed by atoms with E-state index in [4.69, 9.17) is 9.47 Å². The van der Waals surface area contributed by atoms with Crippen LogP contribution in [0.5, 0.6) is 11.5 Å². The molecule has 2 heterocycles. The van der Waals surface area contributed by atoms with Gasteiger partial charge in [-0.1, -0.05) is 38.1 Å². The molecule has 0 saturated carbocycles. The van der Waals surface area contributed by atoms with E-state index in [9.17, 15) is 0 Å². The summed E-state index contributed by atoms with van der Waals surface area (Å²) in [5, 5.41) is 0.434. The van der Waals surface area contributed by atoms with Gasteiger partial charge >= 0.3 is 0 Å². The summed E-state index contributed by atoms with van der Waals surface area (Å²) in [6, 6.07) is 16.9. The number of para-hydroxylation sites is 1. The monoisotopic (exact) mass is 411 g/mol. The predicted molar refractivity (Wildman–Crippen MR) is 121 cm³/mol. The van der Waals surface area contributed by atoms with Crippen LogP contribution in [0.25, 0.3) is 0 Å². The number of benzene rings is 2. The molecule has 0 aromatic heterocycles. The summed E-state index contributed by atoms with van der Waals surface area (Å²) in [5.41, 5.74) is 1.23. The fourth-order valence-electron chi connectivity index (χ4n) is 4.38. The van der Waals surface area contributed by atoms with Crippen LogP contribution in [0.15, 0.2) is 53.4 Å². The molecule has 2 aromatic carbocycles. The number of fused-ring (bicyclic) bond motifs is 1.